The third-order valence-electron chi connectivity index (χ3n) is 6.87. The summed E-state index contributed by atoms with van der Waals surface area (Å²) in [6.45, 7) is 19.4. The van der Waals surface area contributed by atoms with E-state index in [2.05, 4.69) is 13.8 Å². The van der Waals surface area contributed by atoms with Crippen molar-refractivity contribution in [1.82, 2.24) is 0 Å². The van der Waals surface area contributed by atoms with Crippen molar-refractivity contribution in [2.45, 2.75) is 131 Å². The fourth-order valence-electron chi connectivity index (χ4n) is 4.51. The van der Waals surface area contributed by atoms with E-state index in [0.717, 1.165) is 38.9 Å². The van der Waals surface area contributed by atoms with E-state index in [0.29, 0.717) is 39.3 Å². The summed E-state index contributed by atoms with van der Waals surface area (Å²) in [5.41, 5.74) is 0. The predicted molar refractivity (Wildman–Crippen MR) is 160 cm³/mol. The Morgan fingerprint density at radius 3 is 1.17 bits per heavy atom. The van der Waals surface area contributed by atoms with Crippen LogP contribution >= 0.6 is 0 Å². The molecule has 0 spiro atoms. The van der Waals surface area contributed by atoms with Gasteiger partial charge in [0.05, 0.1) is 75.9 Å². The summed E-state index contributed by atoms with van der Waals surface area (Å²) in [6.07, 6.45) is 3.69. The van der Waals surface area contributed by atoms with Gasteiger partial charge in [0, 0.05) is 13.2 Å². The second kappa shape index (κ2) is 23.1. The summed E-state index contributed by atoms with van der Waals surface area (Å²) in [5, 5.41) is 0. The topological polar surface area (TPSA) is 108 Å². The largest absolute Gasteiger partial charge is 0.460 e. The van der Waals surface area contributed by atoms with Crippen molar-refractivity contribution < 1.29 is 47.5 Å². The van der Waals surface area contributed by atoms with Gasteiger partial charge in [0.2, 0.25) is 0 Å². The lowest BCUT2D eigenvalue weighted by atomic mass is 9.79. The number of hydrogen-bond acceptors (Lipinski definition) is 10. The Morgan fingerprint density at radius 2 is 0.833 bits per heavy atom. The van der Waals surface area contributed by atoms with Crippen molar-refractivity contribution in [3.8, 4) is 0 Å². The molecule has 0 N–H and O–H groups in total. The summed E-state index contributed by atoms with van der Waals surface area (Å²) < 4.78 is 45.6. The SMILES string of the molecule is CCCOCC(C)OCC(C)OCC(C)OC(=O)C1CCCCC1C(=O)OC(C)COC(C)COC(C)COCCC. The minimum atomic E-state index is -0.518. The molecular formula is C32H60O10. The monoisotopic (exact) mass is 604 g/mol. The van der Waals surface area contributed by atoms with Crippen molar-refractivity contribution in [3.63, 3.8) is 0 Å². The Morgan fingerprint density at radius 1 is 0.524 bits per heavy atom. The van der Waals surface area contributed by atoms with Crippen LogP contribution in [0.5, 0.6) is 0 Å². The van der Waals surface area contributed by atoms with Crippen molar-refractivity contribution in [2.75, 3.05) is 52.9 Å². The maximum atomic E-state index is 13.0. The zero-order valence-electron chi connectivity index (χ0n) is 27.6. The number of carbonyl (C=O) groups excluding carboxylic acids is 2. The zero-order valence-corrected chi connectivity index (χ0v) is 27.6. The highest BCUT2D eigenvalue weighted by Gasteiger charge is 2.39. The van der Waals surface area contributed by atoms with Gasteiger partial charge < -0.3 is 37.9 Å². The molecule has 0 heterocycles. The molecule has 1 rings (SSSR count). The third-order valence-corrected chi connectivity index (χ3v) is 6.87. The quantitative estimate of drug-likeness (QED) is 0.109. The Balaban J connectivity index is 2.39. The average Bonchev–Trinajstić information content (AvgIpc) is 2.97. The Kier molecular flexibility index (Phi) is 21.3. The molecule has 42 heavy (non-hydrogen) atoms. The summed E-state index contributed by atoms with van der Waals surface area (Å²) in [4.78, 5) is 26.1. The third kappa shape index (κ3) is 17.7. The maximum Gasteiger partial charge on any atom is 0.310 e. The Bertz CT molecular complexity index is 647. The molecule has 0 bridgehead atoms. The van der Waals surface area contributed by atoms with E-state index in [9.17, 15) is 9.59 Å². The van der Waals surface area contributed by atoms with Crippen LogP contribution in [-0.2, 0) is 47.5 Å². The number of rotatable bonds is 24. The van der Waals surface area contributed by atoms with Gasteiger partial charge in [0.25, 0.3) is 0 Å². The lowest BCUT2D eigenvalue weighted by Gasteiger charge is -2.30. The van der Waals surface area contributed by atoms with Crippen LogP contribution in [0.1, 0.15) is 93.9 Å². The molecule has 8 unspecified atom stereocenters. The molecule has 10 heteroatoms. The van der Waals surface area contributed by atoms with Gasteiger partial charge in [-0.3, -0.25) is 9.59 Å². The van der Waals surface area contributed by atoms with E-state index < -0.39 is 24.0 Å². The first-order valence-electron chi connectivity index (χ1n) is 16.1. The second-order valence-corrected chi connectivity index (χ2v) is 11.7. The standard InChI is InChI=1S/C32H60O10/c1-9-15-35-17-23(3)37-19-25(5)39-21-27(7)41-31(33)29-13-11-12-14-30(29)32(34)42-28(8)22-40-26(6)20-38-24(4)18-36-16-10-2/h23-30H,9-22H2,1-8H3. The molecule has 0 amide bonds. The molecule has 1 aliphatic carbocycles. The minimum absolute atomic E-state index is 0.0167. The van der Waals surface area contributed by atoms with Gasteiger partial charge in [-0.15, -0.1) is 0 Å². The molecule has 0 aromatic carbocycles. The van der Waals surface area contributed by atoms with E-state index in [4.69, 9.17) is 37.9 Å². The molecule has 1 saturated carbocycles. The molecular weight excluding hydrogens is 544 g/mol. The fraction of sp³-hybridized carbons (Fsp3) is 0.938. The number of esters is 2. The van der Waals surface area contributed by atoms with Crippen molar-refractivity contribution in [3.05, 3.63) is 0 Å². The van der Waals surface area contributed by atoms with Crippen molar-refractivity contribution >= 4 is 11.9 Å². The van der Waals surface area contributed by atoms with Gasteiger partial charge in [-0.25, -0.2) is 0 Å². The number of hydrogen-bond donors (Lipinski definition) is 0. The van der Waals surface area contributed by atoms with E-state index in [1.165, 1.54) is 0 Å². The van der Waals surface area contributed by atoms with Crippen LogP contribution in [0.3, 0.4) is 0 Å². The smallest absolute Gasteiger partial charge is 0.310 e. The predicted octanol–water partition coefficient (Wildman–Crippen LogP) is 5.13. The van der Waals surface area contributed by atoms with Crippen molar-refractivity contribution in [1.29, 1.82) is 0 Å². The van der Waals surface area contributed by atoms with Crippen LogP contribution in [0.2, 0.25) is 0 Å². The van der Waals surface area contributed by atoms with Gasteiger partial charge in [-0.1, -0.05) is 26.7 Å². The highest BCUT2D eigenvalue weighted by molar-refractivity contribution is 5.82. The molecule has 10 nitrogen and oxygen atoms in total. The summed E-state index contributed by atoms with van der Waals surface area (Å²) in [5.74, 6) is -1.78. The van der Waals surface area contributed by atoms with Crippen LogP contribution in [0, 0.1) is 11.8 Å². The number of carbonyl (C=O) groups is 2. The molecule has 0 aromatic heterocycles. The second-order valence-electron chi connectivity index (χ2n) is 11.7. The molecule has 1 fully saturated rings. The molecule has 0 saturated heterocycles. The maximum absolute atomic E-state index is 13.0. The van der Waals surface area contributed by atoms with Crippen LogP contribution in [0.15, 0.2) is 0 Å². The molecule has 1 aliphatic rings. The average molecular weight is 605 g/mol. The fourth-order valence-corrected chi connectivity index (χ4v) is 4.51. The van der Waals surface area contributed by atoms with Crippen LogP contribution in [0.25, 0.3) is 0 Å². The van der Waals surface area contributed by atoms with Crippen LogP contribution < -0.4 is 0 Å². The van der Waals surface area contributed by atoms with E-state index >= 15 is 0 Å². The minimum Gasteiger partial charge on any atom is -0.460 e. The molecule has 0 aliphatic heterocycles. The zero-order chi connectivity index (χ0) is 31.3. The Hall–Kier alpha value is -1.30. The summed E-state index contributed by atoms with van der Waals surface area (Å²) in [7, 11) is 0. The van der Waals surface area contributed by atoms with E-state index in [1.54, 1.807) is 13.8 Å². The molecule has 0 aromatic rings. The van der Waals surface area contributed by atoms with Crippen LogP contribution in [0.4, 0.5) is 0 Å². The Labute approximate surface area is 254 Å². The van der Waals surface area contributed by atoms with Gasteiger partial charge >= 0.3 is 11.9 Å². The van der Waals surface area contributed by atoms with Gasteiger partial charge in [-0.2, -0.15) is 0 Å². The highest BCUT2D eigenvalue weighted by atomic mass is 16.6. The van der Waals surface area contributed by atoms with Gasteiger partial charge in [0.15, 0.2) is 0 Å². The number of ether oxygens (including phenoxy) is 8. The molecule has 248 valence electrons. The molecule has 0 radical (unpaired) electrons. The van der Waals surface area contributed by atoms with Gasteiger partial charge in [-0.05, 0) is 67.2 Å². The lowest BCUT2D eigenvalue weighted by molar-refractivity contribution is -0.172. The first-order chi connectivity index (χ1) is 20.1. The van der Waals surface area contributed by atoms with Crippen molar-refractivity contribution in [2.24, 2.45) is 11.8 Å². The first kappa shape index (κ1) is 38.7. The van der Waals surface area contributed by atoms with E-state index in [1.807, 2.05) is 27.7 Å². The van der Waals surface area contributed by atoms with Gasteiger partial charge in [0.1, 0.15) is 12.2 Å². The summed E-state index contributed by atoms with van der Waals surface area (Å²) >= 11 is 0. The first-order valence-corrected chi connectivity index (χ1v) is 16.1. The van der Waals surface area contributed by atoms with E-state index in [-0.39, 0.29) is 49.6 Å². The highest BCUT2D eigenvalue weighted by Crippen LogP contribution is 2.32. The lowest BCUT2D eigenvalue weighted by Crippen LogP contribution is -2.38. The molecule has 8 atom stereocenters. The normalized spacial score (nSPS) is 21.6. The summed E-state index contributed by atoms with van der Waals surface area (Å²) in [6, 6.07) is 0. The van der Waals surface area contributed by atoms with Crippen LogP contribution in [-0.4, -0.2) is 101 Å².